The fourth-order valence-electron chi connectivity index (χ4n) is 4.68. The van der Waals surface area contributed by atoms with Crippen LogP contribution in [-0.4, -0.2) is 70.4 Å². The highest BCUT2D eigenvalue weighted by molar-refractivity contribution is 5.82. The normalized spacial score (nSPS) is 39.9. The van der Waals surface area contributed by atoms with Crippen LogP contribution in [0.1, 0.15) is 59.3 Å². The second-order valence-electron chi connectivity index (χ2n) is 9.42. The van der Waals surface area contributed by atoms with Crippen LogP contribution in [0.2, 0.25) is 0 Å². The van der Waals surface area contributed by atoms with Crippen LogP contribution in [0.4, 0.5) is 0 Å². The van der Waals surface area contributed by atoms with Gasteiger partial charge in [0.25, 0.3) is 0 Å². The molecule has 2 saturated heterocycles. The van der Waals surface area contributed by atoms with Crippen LogP contribution in [0.5, 0.6) is 0 Å². The van der Waals surface area contributed by atoms with E-state index in [9.17, 15) is 20.1 Å². The van der Waals surface area contributed by atoms with Gasteiger partial charge in [-0.3, -0.25) is 4.79 Å². The lowest BCUT2D eigenvalue weighted by molar-refractivity contribution is -0.233. The predicted octanol–water partition coefficient (Wildman–Crippen LogP) is 0.556. The summed E-state index contributed by atoms with van der Waals surface area (Å²) in [6, 6.07) is -0.658. The second kappa shape index (κ2) is 9.39. The Kier molecular flexibility index (Phi) is 7.37. The van der Waals surface area contributed by atoms with Gasteiger partial charge in [0.15, 0.2) is 0 Å². The molecule has 162 valence electrons. The van der Waals surface area contributed by atoms with Gasteiger partial charge in [-0.1, -0.05) is 40.0 Å². The minimum Gasteiger partial charge on any atom is -0.388 e. The fourth-order valence-corrected chi connectivity index (χ4v) is 4.68. The van der Waals surface area contributed by atoms with Crippen LogP contribution in [0.3, 0.4) is 0 Å². The molecular weight excluding hydrogens is 360 g/mol. The van der Waals surface area contributed by atoms with Crippen LogP contribution in [0, 0.1) is 17.8 Å². The number of carbonyl (C=O) groups excluding carboxylic acids is 1. The molecule has 0 radical (unpaired) electrons. The quantitative estimate of drug-likeness (QED) is 0.408. The smallest absolute Gasteiger partial charge is 0.237 e. The van der Waals surface area contributed by atoms with Crippen LogP contribution >= 0.6 is 0 Å². The first-order chi connectivity index (χ1) is 13.3. The molecule has 7 nitrogen and oxygen atoms in total. The maximum Gasteiger partial charge on any atom is 0.237 e. The van der Waals surface area contributed by atoms with Crippen LogP contribution in [0.25, 0.3) is 0 Å². The third-order valence-corrected chi connectivity index (χ3v) is 6.63. The van der Waals surface area contributed by atoms with Crippen molar-refractivity contribution in [1.82, 2.24) is 10.6 Å². The van der Waals surface area contributed by atoms with E-state index in [1.165, 1.54) is 0 Å². The van der Waals surface area contributed by atoms with E-state index in [-0.39, 0.29) is 17.9 Å². The second-order valence-corrected chi connectivity index (χ2v) is 9.42. The summed E-state index contributed by atoms with van der Waals surface area (Å²) in [5.41, 5.74) is 0. The molecule has 1 amide bonds. The third kappa shape index (κ3) is 5.05. The van der Waals surface area contributed by atoms with Crippen molar-refractivity contribution in [2.75, 3.05) is 6.54 Å². The molecule has 0 spiro atoms. The van der Waals surface area contributed by atoms with E-state index in [2.05, 4.69) is 17.6 Å². The molecule has 1 aliphatic carbocycles. The Labute approximate surface area is 168 Å². The van der Waals surface area contributed by atoms with E-state index in [0.29, 0.717) is 18.3 Å². The first-order valence-corrected chi connectivity index (χ1v) is 11.0. The molecule has 2 heterocycles. The number of aliphatic hydroxyl groups excluding tert-OH is 3. The standard InChI is InChI=1S/C21H38N2O5/c1-4-5-13-8-14(22-10-13)21(27)23-16(11(2)3)20-19(26)18(25)17(24)15(28-20)9-12-6-7-12/h11-20,22,24-26H,4-10H2,1-3H3,(H,23,27)/t13-,14-,15+,16+,17-,18+,19+,20+/m0/s1. The lowest BCUT2D eigenvalue weighted by Gasteiger charge is -2.45. The molecular formula is C21H38N2O5. The monoisotopic (exact) mass is 398 g/mol. The number of carbonyl (C=O) groups is 1. The first kappa shape index (κ1) is 22.0. The van der Waals surface area contributed by atoms with Gasteiger partial charge in [0.1, 0.15) is 24.4 Å². The number of hydrogen-bond acceptors (Lipinski definition) is 6. The summed E-state index contributed by atoms with van der Waals surface area (Å²) in [7, 11) is 0. The van der Waals surface area contributed by atoms with Crippen LogP contribution < -0.4 is 10.6 Å². The molecule has 0 aromatic rings. The summed E-state index contributed by atoms with van der Waals surface area (Å²) < 4.78 is 6.08. The molecule has 2 aliphatic heterocycles. The van der Waals surface area contributed by atoms with E-state index in [0.717, 1.165) is 38.6 Å². The van der Waals surface area contributed by atoms with E-state index in [4.69, 9.17) is 4.74 Å². The van der Waals surface area contributed by atoms with Crippen molar-refractivity contribution < 1.29 is 24.9 Å². The molecule has 1 saturated carbocycles. The molecule has 28 heavy (non-hydrogen) atoms. The van der Waals surface area contributed by atoms with Crippen molar-refractivity contribution in [3.05, 3.63) is 0 Å². The SMILES string of the molecule is CCC[C@@H]1CN[C@H](C(=O)N[C@H](C(C)C)[C@H]2O[C@H](CC3CC3)[C@H](O)[C@@H](O)[C@H]2O)C1. The summed E-state index contributed by atoms with van der Waals surface area (Å²) in [6.07, 6.45) is 1.13. The van der Waals surface area contributed by atoms with Gasteiger partial charge in [-0.2, -0.15) is 0 Å². The van der Waals surface area contributed by atoms with Gasteiger partial charge in [-0.05, 0) is 43.6 Å². The van der Waals surface area contributed by atoms with Gasteiger partial charge in [-0.15, -0.1) is 0 Å². The van der Waals surface area contributed by atoms with Crippen LogP contribution in [-0.2, 0) is 9.53 Å². The molecule has 5 N–H and O–H groups in total. The Hall–Kier alpha value is -0.730. The van der Waals surface area contributed by atoms with Crippen molar-refractivity contribution in [2.45, 2.75) is 102 Å². The summed E-state index contributed by atoms with van der Waals surface area (Å²) in [6.45, 7) is 6.95. The lowest BCUT2D eigenvalue weighted by atomic mass is 9.85. The highest BCUT2D eigenvalue weighted by atomic mass is 16.5. The fraction of sp³-hybridized carbons (Fsp3) is 0.952. The Morgan fingerprint density at radius 2 is 1.86 bits per heavy atom. The van der Waals surface area contributed by atoms with Gasteiger partial charge in [0, 0.05) is 0 Å². The maximum atomic E-state index is 12.9. The average Bonchev–Trinajstić information content (AvgIpc) is 3.35. The summed E-state index contributed by atoms with van der Waals surface area (Å²) in [5, 5.41) is 37.7. The maximum absolute atomic E-state index is 12.9. The average molecular weight is 399 g/mol. The van der Waals surface area contributed by atoms with Gasteiger partial charge in [-0.25, -0.2) is 0 Å². The number of rotatable bonds is 8. The van der Waals surface area contributed by atoms with Crippen molar-refractivity contribution in [3.8, 4) is 0 Å². The Morgan fingerprint density at radius 1 is 1.14 bits per heavy atom. The summed E-state index contributed by atoms with van der Waals surface area (Å²) in [5.74, 6) is 0.982. The molecule has 3 rings (SSSR count). The number of ether oxygens (including phenoxy) is 1. The minimum atomic E-state index is -1.26. The van der Waals surface area contributed by atoms with Crippen molar-refractivity contribution in [1.29, 1.82) is 0 Å². The Morgan fingerprint density at radius 3 is 2.46 bits per heavy atom. The third-order valence-electron chi connectivity index (χ3n) is 6.63. The molecule has 7 heteroatoms. The molecule has 3 aliphatic rings. The van der Waals surface area contributed by atoms with Crippen LogP contribution in [0.15, 0.2) is 0 Å². The van der Waals surface area contributed by atoms with Gasteiger partial charge in [0.05, 0.1) is 18.2 Å². The minimum absolute atomic E-state index is 0.0143. The number of nitrogens with one attached hydrogen (secondary N) is 2. The first-order valence-electron chi connectivity index (χ1n) is 11.0. The van der Waals surface area contributed by atoms with E-state index in [1.54, 1.807) is 0 Å². The van der Waals surface area contributed by atoms with Crippen molar-refractivity contribution in [2.24, 2.45) is 17.8 Å². The molecule has 0 bridgehead atoms. The highest BCUT2D eigenvalue weighted by Gasteiger charge is 2.48. The molecule has 3 fully saturated rings. The van der Waals surface area contributed by atoms with Crippen molar-refractivity contribution >= 4 is 5.91 Å². The molecule has 8 atom stereocenters. The zero-order valence-electron chi connectivity index (χ0n) is 17.4. The van der Waals surface area contributed by atoms with E-state index < -0.39 is 36.6 Å². The molecule has 0 aromatic carbocycles. The molecule has 0 unspecified atom stereocenters. The largest absolute Gasteiger partial charge is 0.388 e. The number of aliphatic hydroxyl groups is 3. The predicted molar refractivity (Wildman–Crippen MR) is 106 cm³/mol. The zero-order chi connectivity index (χ0) is 20.4. The van der Waals surface area contributed by atoms with E-state index >= 15 is 0 Å². The number of hydrogen-bond donors (Lipinski definition) is 5. The lowest BCUT2D eigenvalue weighted by Crippen LogP contribution is -2.65. The summed E-state index contributed by atoms with van der Waals surface area (Å²) in [4.78, 5) is 12.9. The summed E-state index contributed by atoms with van der Waals surface area (Å²) >= 11 is 0. The Bertz CT molecular complexity index is 527. The topological polar surface area (TPSA) is 111 Å². The highest BCUT2D eigenvalue weighted by Crippen LogP contribution is 2.38. The zero-order valence-corrected chi connectivity index (χ0v) is 17.4. The van der Waals surface area contributed by atoms with Gasteiger partial charge >= 0.3 is 0 Å². The number of amides is 1. The van der Waals surface area contributed by atoms with Gasteiger partial charge in [0.2, 0.25) is 5.91 Å². The van der Waals surface area contributed by atoms with E-state index in [1.807, 2.05) is 13.8 Å². The van der Waals surface area contributed by atoms with Gasteiger partial charge < -0.3 is 30.7 Å². The Balaban J connectivity index is 1.65. The molecule has 0 aromatic heterocycles. The van der Waals surface area contributed by atoms with Crippen molar-refractivity contribution in [3.63, 3.8) is 0 Å².